The summed E-state index contributed by atoms with van der Waals surface area (Å²) in [6, 6.07) is 9.59. The van der Waals surface area contributed by atoms with Crippen molar-refractivity contribution in [1.29, 1.82) is 0 Å². The number of rotatable bonds is 9. The van der Waals surface area contributed by atoms with Crippen molar-refractivity contribution in [3.8, 4) is 0 Å². The van der Waals surface area contributed by atoms with E-state index in [4.69, 9.17) is 5.73 Å². The van der Waals surface area contributed by atoms with E-state index >= 15 is 0 Å². The van der Waals surface area contributed by atoms with Crippen LogP contribution in [0.5, 0.6) is 0 Å². The van der Waals surface area contributed by atoms with Crippen LogP contribution in [-0.2, 0) is 21.2 Å². The Morgan fingerprint density at radius 2 is 1.95 bits per heavy atom. The topological polar surface area (TPSA) is 101 Å². The number of nitrogens with one attached hydrogen (secondary N) is 2. The maximum atomic E-state index is 12.0. The number of sulfonamides is 1. The summed E-state index contributed by atoms with van der Waals surface area (Å²) in [5.41, 5.74) is 6.67. The Kier molecular flexibility index (Phi) is 7.35. The molecule has 21 heavy (non-hydrogen) atoms. The van der Waals surface area contributed by atoms with Gasteiger partial charge < -0.3 is 11.1 Å². The maximum Gasteiger partial charge on any atom is 0.224 e. The second-order valence-corrected chi connectivity index (χ2v) is 6.66. The summed E-state index contributed by atoms with van der Waals surface area (Å²) in [7, 11) is -3.31. The first-order chi connectivity index (χ1) is 9.98. The minimum atomic E-state index is -3.31. The molecule has 1 rings (SSSR count). The molecule has 7 heteroatoms. The lowest BCUT2D eigenvalue weighted by Gasteiger charge is -2.15. The van der Waals surface area contributed by atoms with Gasteiger partial charge in [-0.05, 0) is 12.0 Å². The van der Waals surface area contributed by atoms with Crippen LogP contribution in [0.25, 0.3) is 0 Å². The van der Waals surface area contributed by atoms with Crippen molar-refractivity contribution in [2.24, 2.45) is 11.7 Å². The number of hydrogen-bond acceptors (Lipinski definition) is 4. The lowest BCUT2D eigenvalue weighted by Crippen LogP contribution is -2.40. The van der Waals surface area contributed by atoms with Gasteiger partial charge in [-0.25, -0.2) is 13.1 Å². The van der Waals surface area contributed by atoms with Crippen molar-refractivity contribution in [2.45, 2.75) is 13.3 Å². The fraction of sp³-hybridized carbons (Fsp3) is 0.500. The average molecular weight is 313 g/mol. The van der Waals surface area contributed by atoms with Gasteiger partial charge >= 0.3 is 0 Å². The molecule has 1 aromatic carbocycles. The number of carbonyl (C=O) groups is 1. The number of nitrogens with two attached hydrogens (primary N) is 1. The molecule has 0 aliphatic heterocycles. The molecule has 0 aromatic heterocycles. The van der Waals surface area contributed by atoms with E-state index in [-0.39, 0.29) is 30.7 Å². The second-order valence-electron chi connectivity index (χ2n) is 4.73. The second kappa shape index (κ2) is 8.76. The quantitative estimate of drug-likeness (QED) is 0.590. The van der Waals surface area contributed by atoms with E-state index in [1.807, 2.05) is 30.3 Å². The van der Waals surface area contributed by atoms with Gasteiger partial charge in [0.1, 0.15) is 0 Å². The van der Waals surface area contributed by atoms with Crippen LogP contribution in [0.1, 0.15) is 12.5 Å². The monoisotopic (exact) mass is 313 g/mol. The summed E-state index contributed by atoms with van der Waals surface area (Å²) in [5.74, 6) is -0.697. The van der Waals surface area contributed by atoms with E-state index in [9.17, 15) is 13.2 Å². The molecule has 1 amide bonds. The van der Waals surface area contributed by atoms with Crippen LogP contribution in [0.15, 0.2) is 30.3 Å². The third kappa shape index (κ3) is 6.70. The van der Waals surface area contributed by atoms with Gasteiger partial charge in [0.25, 0.3) is 0 Å². The van der Waals surface area contributed by atoms with Gasteiger partial charge in [0.05, 0.1) is 11.7 Å². The van der Waals surface area contributed by atoms with Crippen LogP contribution in [0.3, 0.4) is 0 Å². The van der Waals surface area contributed by atoms with Crippen LogP contribution in [0.4, 0.5) is 0 Å². The Labute approximate surface area is 126 Å². The summed E-state index contributed by atoms with van der Waals surface area (Å²) in [4.78, 5) is 12.0. The lowest BCUT2D eigenvalue weighted by atomic mass is 9.99. The van der Waals surface area contributed by atoms with Gasteiger partial charge in [-0.3, -0.25) is 4.79 Å². The predicted octanol–water partition coefficient (Wildman–Crippen LogP) is -0.140. The smallest absolute Gasteiger partial charge is 0.224 e. The van der Waals surface area contributed by atoms with Crippen molar-refractivity contribution in [2.75, 3.05) is 25.4 Å². The molecule has 1 unspecified atom stereocenters. The lowest BCUT2D eigenvalue weighted by molar-refractivity contribution is -0.124. The van der Waals surface area contributed by atoms with Gasteiger partial charge in [-0.1, -0.05) is 37.3 Å². The zero-order valence-electron chi connectivity index (χ0n) is 12.2. The molecule has 0 fully saturated rings. The fourth-order valence-electron chi connectivity index (χ4n) is 1.93. The molecular formula is C14H23N3O3S. The average Bonchev–Trinajstić information content (AvgIpc) is 2.45. The van der Waals surface area contributed by atoms with Gasteiger partial charge in [-0.15, -0.1) is 0 Å². The first-order valence-corrected chi connectivity index (χ1v) is 8.62. The molecule has 0 aliphatic rings. The van der Waals surface area contributed by atoms with E-state index in [1.165, 1.54) is 0 Å². The molecule has 1 atom stereocenters. The Morgan fingerprint density at radius 3 is 2.52 bits per heavy atom. The van der Waals surface area contributed by atoms with Crippen LogP contribution in [-0.4, -0.2) is 39.7 Å². The molecule has 0 radical (unpaired) electrons. The van der Waals surface area contributed by atoms with Gasteiger partial charge in [0, 0.05) is 19.6 Å². The van der Waals surface area contributed by atoms with Crippen LogP contribution in [0, 0.1) is 5.92 Å². The Balaban J connectivity index is 2.45. The van der Waals surface area contributed by atoms with Gasteiger partial charge in [0.15, 0.2) is 0 Å². The molecular weight excluding hydrogens is 290 g/mol. The summed E-state index contributed by atoms with van der Waals surface area (Å²) in [6.45, 7) is 2.36. The summed E-state index contributed by atoms with van der Waals surface area (Å²) < 4.78 is 25.3. The van der Waals surface area contributed by atoms with Crippen molar-refractivity contribution in [1.82, 2.24) is 10.0 Å². The number of hydrogen-bond donors (Lipinski definition) is 3. The first kappa shape index (κ1) is 17.6. The fourth-order valence-corrected chi connectivity index (χ4v) is 2.88. The summed E-state index contributed by atoms with van der Waals surface area (Å²) in [5, 5.41) is 2.63. The third-order valence-corrected chi connectivity index (χ3v) is 4.48. The molecule has 118 valence electrons. The van der Waals surface area contributed by atoms with Crippen molar-refractivity contribution < 1.29 is 13.2 Å². The van der Waals surface area contributed by atoms with E-state index in [0.29, 0.717) is 13.0 Å². The van der Waals surface area contributed by atoms with Gasteiger partial charge in [-0.2, -0.15) is 0 Å². The van der Waals surface area contributed by atoms with Crippen molar-refractivity contribution in [3.63, 3.8) is 0 Å². The number of carbonyl (C=O) groups excluding carboxylic acids is 1. The van der Waals surface area contributed by atoms with E-state index in [1.54, 1.807) is 6.92 Å². The highest BCUT2D eigenvalue weighted by molar-refractivity contribution is 7.89. The predicted molar refractivity (Wildman–Crippen MR) is 83.2 cm³/mol. The molecule has 0 spiro atoms. The minimum absolute atomic E-state index is 0.0828. The van der Waals surface area contributed by atoms with E-state index in [2.05, 4.69) is 10.0 Å². The van der Waals surface area contributed by atoms with Crippen molar-refractivity contribution in [3.05, 3.63) is 35.9 Å². The molecule has 0 saturated carbocycles. The van der Waals surface area contributed by atoms with Crippen molar-refractivity contribution >= 4 is 15.9 Å². The Bertz CT molecular complexity index is 532. The zero-order valence-corrected chi connectivity index (χ0v) is 13.0. The molecule has 4 N–H and O–H groups in total. The summed E-state index contributed by atoms with van der Waals surface area (Å²) in [6.07, 6.45) is 0.545. The summed E-state index contributed by atoms with van der Waals surface area (Å²) >= 11 is 0. The van der Waals surface area contributed by atoms with E-state index < -0.39 is 10.0 Å². The van der Waals surface area contributed by atoms with Crippen LogP contribution < -0.4 is 15.8 Å². The first-order valence-electron chi connectivity index (χ1n) is 6.97. The molecule has 0 saturated heterocycles. The maximum absolute atomic E-state index is 12.0. The SMILES string of the molecule is CCNS(=O)(=O)CCNC(=O)C(CN)Cc1ccccc1. The highest BCUT2D eigenvalue weighted by Gasteiger charge is 2.18. The number of amides is 1. The Morgan fingerprint density at radius 1 is 1.29 bits per heavy atom. The Hall–Kier alpha value is -1.44. The normalized spacial score (nSPS) is 12.9. The minimum Gasteiger partial charge on any atom is -0.355 e. The third-order valence-electron chi connectivity index (χ3n) is 3.01. The van der Waals surface area contributed by atoms with Crippen LogP contribution in [0.2, 0.25) is 0 Å². The largest absolute Gasteiger partial charge is 0.355 e. The standard InChI is InChI=1S/C14H23N3O3S/c1-2-17-21(19,20)9-8-16-14(18)13(11-15)10-12-6-4-3-5-7-12/h3-7,13,17H,2,8-11,15H2,1H3,(H,16,18). The highest BCUT2D eigenvalue weighted by Crippen LogP contribution is 2.07. The van der Waals surface area contributed by atoms with Crippen LogP contribution >= 0.6 is 0 Å². The molecule has 1 aromatic rings. The highest BCUT2D eigenvalue weighted by atomic mass is 32.2. The number of benzene rings is 1. The zero-order chi connectivity index (χ0) is 15.7. The molecule has 0 aliphatic carbocycles. The van der Waals surface area contributed by atoms with E-state index in [0.717, 1.165) is 5.56 Å². The van der Waals surface area contributed by atoms with Gasteiger partial charge in [0.2, 0.25) is 15.9 Å². The molecule has 6 nitrogen and oxygen atoms in total. The molecule has 0 heterocycles. The molecule has 0 bridgehead atoms.